The SMILES string of the molecule is CC[C@@H](C(=O)NC1CCCCC1)N(CCc1ccccc1)C(=O)CN(c1cccc(OC)c1)S(=O)(=O)c1ccc(C)cc1. The lowest BCUT2D eigenvalue weighted by atomic mass is 9.95. The lowest BCUT2D eigenvalue weighted by molar-refractivity contribution is -0.140. The number of methoxy groups -OCH3 is 1. The predicted octanol–water partition coefficient (Wildman–Crippen LogP) is 5.50. The van der Waals surface area contributed by atoms with Crippen LogP contribution in [0.5, 0.6) is 5.75 Å². The molecule has 2 amide bonds. The second-order valence-electron chi connectivity index (χ2n) is 11.1. The molecule has 1 atom stereocenters. The summed E-state index contributed by atoms with van der Waals surface area (Å²) in [5, 5.41) is 3.18. The molecule has 0 heterocycles. The molecule has 0 unspecified atom stereocenters. The van der Waals surface area contributed by atoms with Gasteiger partial charge in [-0.1, -0.05) is 80.3 Å². The van der Waals surface area contributed by atoms with Gasteiger partial charge in [0.05, 0.1) is 17.7 Å². The maximum atomic E-state index is 14.2. The Morgan fingerprint density at radius 3 is 2.30 bits per heavy atom. The number of carbonyl (C=O) groups excluding carboxylic acids is 2. The van der Waals surface area contributed by atoms with Gasteiger partial charge in [0, 0.05) is 18.7 Å². The Hall–Kier alpha value is -3.85. The van der Waals surface area contributed by atoms with Crippen LogP contribution in [0.25, 0.3) is 0 Å². The monoisotopic (exact) mass is 605 g/mol. The molecule has 1 fully saturated rings. The molecule has 1 aliphatic rings. The van der Waals surface area contributed by atoms with Crippen molar-refractivity contribution in [2.24, 2.45) is 0 Å². The number of aryl methyl sites for hydroxylation is 1. The molecule has 0 radical (unpaired) electrons. The fourth-order valence-corrected chi connectivity index (χ4v) is 6.98. The Kier molecular flexibility index (Phi) is 11.2. The van der Waals surface area contributed by atoms with Gasteiger partial charge in [-0.15, -0.1) is 0 Å². The van der Waals surface area contributed by atoms with Crippen LogP contribution in [0.15, 0.2) is 83.8 Å². The first kappa shape index (κ1) is 32.1. The molecular formula is C34H43N3O5S. The van der Waals surface area contributed by atoms with E-state index in [4.69, 9.17) is 4.74 Å². The molecule has 9 heteroatoms. The molecule has 8 nitrogen and oxygen atoms in total. The van der Waals surface area contributed by atoms with E-state index in [1.807, 2.05) is 44.2 Å². The zero-order valence-electron chi connectivity index (χ0n) is 25.4. The fraction of sp³-hybridized carbons (Fsp3) is 0.412. The topological polar surface area (TPSA) is 96.0 Å². The van der Waals surface area contributed by atoms with Crippen molar-refractivity contribution < 1.29 is 22.7 Å². The number of nitrogens with one attached hydrogen (secondary N) is 1. The normalized spacial score (nSPS) is 14.5. The molecule has 1 N–H and O–H groups in total. The third-order valence-corrected chi connectivity index (χ3v) is 9.84. The number of rotatable bonds is 13. The molecule has 0 aliphatic heterocycles. The number of anilines is 1. The molecule has 3 aromatic rings. The third-order valence-electron chi connectivity index (χ3n) is 8.05. The molecular weight excluding hydrogens is 562 g/mol. The van der Waals surface area contributed by atoms with Gasteiger partial charge < -0.3 is 15.0 Å². The number of nitrogens with zero attached hydrogens (tertiary/aromatic N) is 2. The summed E-state index contributed by atoms with van der Waals surface area (Å²) in [6.45, 7) is 3.58. The van der Waals surface area contributed by atoms with Crippen molar-refractivity contribution in [1.82, 2.24) is 10.2 Å². The number of carbonyl (C=O) groups is 2. The molecule has 0 saturated heterocycles. The van der Waals surface area contributed by atoms with Gasteiger partial charge in [-0.25, -0.2) is 8.42 Å². The summed E-state index contributed by atoms with van der Waals surface area (Å²) in [5.41, 5.74) is 2.25. The van der Waals surface area contributed by atoms with Gasteiger partial charge in [0.15, 0.2) is 0 Å². The van der Waals surface area contributed by atoms with Crippen LogP contribution in [0.1, 0.15) is 56.6 Å². The van der Waals surface area contributed by atoms with Crippen molar-refractivity contribution in [2.45, 2.75) is 75.8 Å². The number of hydrogen-bond acceptors (Lipinski definition) is 5. The Balaban J connectivity index is 1.68. The van der Waals surface area contributed by atoms with Crippen LogP contribution >= 0.6 is 0 Å². The van der Waals surface area contributed by atoms with E-state index in [2.05, 4.69) is 5.32 Å². The highest BCUT2D eigenvalue weighted by Crippen LogP contribution is 2.28. The van der Waals surface area contributed by atoms with E-state index < -0.39 is 28.5 Å². The van der Waals surface area contributed by atoms with Crippen LogP contribution in [0.3, 0.4) is 0 Å². The standard InChI is InChI=1S/C34H43N3O5S/c1-4-32(34(39)35-28-14-9-6-10-15-28)36(23-22-27-12-7-5-8-13-27)33(38)25-37(29-16-11-17-30(24-29)42-3)43(40,41)31-20-18-26(2)19-21-31/h5,7-8,11-13,16-21,24,28,32H,4,6,9-10,14-15,22-23,25H2,1-3H3,(H,35,39)/t32-/m0/s1. The van der Waals surface area contributed by atoms with Crippen LogP contribution in [-0.4, -0.2) is 57.4 Å². The van der Waals surface area contributed by atoms with Gasteiger partial charge in [0.25, 0.3) is 10.0 Å². The maximum Gasteiger partial charge on any atom is 0.264 e. The van der Waals surface area contributed by atoms with Crippen LogP contribution in [-0.2, 0) is 26.0 Å². The summed E-state index contributed by atoms with van der Waals surface area (Å²) in [6.07, 6.45) is 6.11. The number of sulfonamides is 1. The van der Waals surface area contributed by atoms with Crippen LogP contribution < -0.4 is 14.4 Å². The lowest BCUT2D eigenvalue weighted by Crippen LogP contribution is -2.54. The minimum Gasteiger partial charge on any atom is -0.497 e. The van der Waals surface area contributed by atoms with Crippen molar-refractivity contribution in [3.63, 3.8) is 0 Å². The predicted molar refractivity (Wildman–Crippen MR) is 170 cm³/mol. The van der Waals surface area contributed by atoms with E-state index in [1.54, 1.807) is 53.4 Å². The number of benzene rings is 3. The largest absolute Gasteiger partial charge is 0.497 e. The Morgan fingerprint density at radius 2 is 1.65 bits per heavy atom. The van der Waals surface area contributed by atoms with E-state index in [1.165, 1.54) is 13.5 Å². The second-order valence-corrected chi connectivity index (χ2v) is 13.0. The average molecular weight is 606 g/mol. The highest BCUT2D eigenvalue weighted by Gasteiger charge is 2.34. The first-order chi connectivity index (χ1) is 20.7. The van der Waals surface area contributed by atoms with E-state index >= 15 is 0 Å². The highest BCUT2D eigenvalue weighted by atomic mass is 32.2. The molecule has 0 bridgehead atoms. The third kappa shape index (κ3) is 8.38. The van der Waals surface area contributed by atoms with E-state index in [0.717, 1.165) is 41.1 Å². The molecule has 0 spiro atoms. The van der Waals surface area contributed by atoms with Gasteiger partial charge >= 0.3 is 0 Å². The average Bonchev–Trinajstić information content (AvgIpc) is 3.02. The molecule has 230 valence electrons. The number of hydrogen-bond donors (Lipinski definition) is 1. The molecule has 1 saturated carbocycles. The number of ether oxygens (including phenoxy) is 1. The first-order valence-corrected chi connectivity index (χ1v) is 16.5. The maximum absolute atomic E-state index is 14.2. The van der Waals surface area contributed by atoms with Crippen molar-refractivity contribution in [3.8, 4) is 5.75 Å². The first-order valence-electron chi connectivity index (χ1n) is 15.1. The van der Waals surface area contributed by atoms with E-state index in [-0.39, 0.29) is 23.4 Å². The van der Waals surface area contributed by atoms with Crippen LogP contribution in [0.2, 0.25) is 0 Å². The smallest absolute Gasteiger partial charge is 0.264 e. The Labute approximate surface area is 256 Å². The zero-order chi connectivity index (χ0) is 30.8. The van der Waals surface area contributed by atoms with Gasteiger partial charge in [-0.05, 0) is 62.4 Å². The minimum absolute atomic E-state index is 0.0756. The van der Waals surface area contributed by atoms with Gasteiger partial charge in [-0.2, -0.15) is 0 Å². The minimum atomic E-state index is -4.14. The summed E-state index contributed by atoms with van der Waals surface area (Å²) in [7, 11) is -2.63. The summed E-state index contributed by atoms with van der Waals surface area (Å²) in [6, 6.07) is 22.3. The van der Waals surface area contributed by atoms with Crippen molar-refractivity contribution in [3.05, 3.63) is 90.0 Å². The summed E-state index contributed by atoms with van der Waals surface area (Å²) < 4.78 is 34.6. The van der Waals surface area contributed by atoms with E-state index in [0.29, 0.717) is 24.3 Å². The molecule has 1 aliphatic carbocycles. The Morgan fingerprint density at radius 1 is 0.953 bits per heavy atom. The van der Waals surface area contributed by atoms with Crippen LogP contribution in [0.4, 0.5) is 5.69 Å². The Bertz CT molecular complexity index is 1450. The van der Waals surface area contributed by atoms with Crippen molar-refractivity contribution in [1.29, 1.82) is 0 Å². The van der Waals surface area contributed by atoms with Crippen molar-refractivity contribution in [2.75, 3.05) is 24.5 Å². The molecule has 43 heavy (non-hydrogen) atoms. The zero-order valence-corrected chi connectivity index (χ0v) is 26.2. The van der Waals surface area contributed by atoms with Gasteiger partial charge in [-0.3, -0.25) is 13.9 Å². The van der Waals surface area contributed by atoms with E-state index in [9.17, 15) is 18.0 Å². The van der Waals surface area contributed by atoms with Crippen LogP contribution in [0, 0.1) is 6.92 Å². The highest BCUT2D eigenvalue weighted by molar-refractivity contribution is 7.92. The molecule has 0 aromatic heterocycles. The quantitative estimate of drug-likeness (QED) is 0.278. The number of amides is 2. The lowest BCUT2D eigenvalue weighted by Gasteiger charge is -2.34. The van der Waals surface area contributed by atoms with Gasteiger partial charge in [0.1, 0.15) is 18.3 Å². The van der Waals surface area contributed by atoms with Gasteiger partial charge in [0.2, 0.25) is 11.8 Å². The summed E-state index contributed by atoms with van der Waals surface area (Å²) in [5.74, 6) is -0.168. The summed E-state index contributed by atoms with van der Waals surface area (Å²) in [4.78, 5) is 29.5. The van der Waals surface area contributed by atoms with Crippen molar-refractivity contribution >= 4 is 27.5 Å². The molecule has 3 aromatic carbocycles. The summed E-state index contributed by atoms with van der Waals surface area (Å²) >= 11 is 0. The second kappa shape index (κ2) is 15.0. The molecule has 4 rings (SSSR count). The fourth-order valence-electron chi connectivity index (χ4n) is 5.57.